The summed E-state index contributed by atoms with van der Waals surface area (Å²) in [4.78, 5) is 38.1. The molecule has 0 N–H and O–H groups in total. The molecule has 0 saturated carbocycles. The number of benzene rings is 2. The van der Waals surface area contributed by atoms with Crippen LogP contribution < -0.4 is 9.64 Å². The molecule has 3 rings (SSSR count). The lowest BCUT2D eigenvalue weighted by molar-refractivity contribution is -0.151. The van der Waals surface area contributed by atoms with Gasteiger partial charge in [0.1, 0.15) is 5.75 Å². The lowest BCUT2D eigenvalue weighted by Gasteiger charge is -2.16. The van der Waals surface area contributed by atoms with Crippen LogP contribution in [0.5, 0.6) is 5.75 Å². The molecule has 0 spiro atoms. The van der Waals surface area contributed by atoms with Crippen LogP contribution in [0.25, 0.3) is 0 Å². The molecule has 0 saturated heterocycles. The molecule has 0 fully saturated rings. The summed E-state index contributed by atoms with van der Waals surface area (Å²) >= 11 is 0. The zero-order valence-corrected chi connectivity index (χ0v) is 16.0. The molecule has 1 atom stereocenters. The van der Waals surface area contributed by atoms with Crippen molar-refractivity contribution in [2.24, 2.45) is 0 Å². The molecule has 6 heteroatoms. The predicted molar refractivity (Wildman–Crippen MR) is 105 cm³/mol. The fourth-order valence-corrected chi connectivity index (χ4v) is 2.99. The van der Waals surface area contributed by atoms with Crippen LogP contribution in [0.4, 0.5) is 5.69 Å². The molecule has 28 heavy (non-hydrogen) atoms. The number of amides is 2. The Hall–Kier alpha value is -3.15. The van der Waals surface area contributed by atoms with Crippen molar-refractivity contribution in [2.75, 3.05) is 11.5 Å². The van der Waals surface area contributed by atoms with E-state index in [4.69, 9.17) is 9.47 Å². The Morgan fingerprint density at radius 2 is 1.57 bits per heavy atom. The van der Waals surface area contributed by atoms with Crippen molar-refractivity contribution in [2.45, 2.75) is 39.2 Å². The molecular formula is C22H23NO5. The predicted octanol–water partition coefficient (Wildman–Crippen LogP) is 3.99. The van der Waals surface area contributed by atoms with Gasteiger partial charge in [-0.15, -0.1) is 0 Å². The van der Waals surface area contributed by atoms with E-state index in [1.807, 2.05) is 0 Å². The van der Waals surface area contributed by atoms with E-state index in [2.05, 4.69) is 6.92 Å². The number of imide groups is 1. The van der Waals surface area contributed by atoms with Crippen LogP contribution in [0.15, 0.2) is 48.5 Å². The van der Waals surface area contributed by atoms with Crippen LogP contribution in [-0.4, -0.2) is 30.5 Å². The van der Waals surface area contributed by atoms with Crippen LogP contribution >= 0.6 is 0 Å². The van der Waals surface area contributed by atoms with Crippen molar-refractivity contribution >= 4 is 23.5 Å². The smallest absolute Gasteiger partial charge is 0.347 e. The third kappa shape index (κ3) is 4.06. The van der Waals surface area contributed by atoms with Gasteiger partial charge in [-0.3, -0.25) is 9.59 Å². The van der Waals surface area contributed by atoms with Crippen molar-refractivity contribution in [1.82, 2.24) is 0 Å². The number of carbonyl (C=O) groups is 3. The second-order valence-corrected chi connectivity index (χ2v) is 6.62. The van der Waals surface area contributed by atoms with Gasteiger partial charge < -0.3 is 9.47 Å². The first-order chi connectivity index (χ1) is 13.5. The molecule has 0 unspecified atom stereocenters. The van der Waals surface area contributed by atoms with Gasteiger partial charge in [0, 0.05) is 0 Å². The molecule has 1 aliphatic heterocycles. The SMILES string of the molecule is CCCCCOC(=O)[C@@H](C)Oc1ccc(N2C(=O)c3ccccc3C2=O)cc1. The van der Waals surface area contributed by atoms with E-state index in [9.17, 15) is 14.4 Å². The quantitative estimate of drug-likeness (QED) is 0.393. The highest BCUT2D eigenvalue weighted by molar-refractivity contribution is 6.34. The molecule has 146 valence electrons. The number of hydrogen-bond donors (Lipinski definition) is 0. The van der Waals surface area contributed by atoms with Crippen LogP contribution in [-0.2, 0) is 9.53 Å². The molecule has 1 aliphatic rings. The summed E-state index contributed by atoms with van der Waals surface area (Å²) in [5.74, 6) is -0.657. The fourth-order valence-electron chi connectivity index (χ4n) is 2.99. The lowest BCUT2D eigenvalue weighted by Crippen LogP contribution is -2.29. The summed E-state index contributed by atoms with van der Waals surface area (Å²) in [7, 11) is 0. The number of carbonyl (C=O) groups excluding carboxylic acids is 3. The topological polar surface area (TPSA) is 72.9 Å². The third-order valence-electron chi connectivity index (χ3n) is 4.53. The Morgan fingerprint density at radius 1 is 0.964 bits per heavy atom. The molecule has 0 radical (unpaired) electrons. The molecule has 0 aliphatic carbocycles. The van der Waals surface area contributed by atoms with E-state index in [-0.39, 0.29) is 11.8 Å². The van der Waals surface area contributed by atoms with Gasteiger partial charge in [-0.05, 0) is 49.7 Å². The van der Waals surface area contributed by atoms with Crippen LogP contribution in [0.2, 0.25) is 0 Å². The molecule has 2 aromatic rings. The molecule has 2 aromatic carbocycles. The third-order valence-corrected chi connectivity index (χ3v) is 4.53. The summed E-state index contributed by atoms with van der Waals surface area (Å²) in [6.07, 6.45) is 2.17. The van der Waals surface area contributed by atoms with Crippen LogP contribution in [0.3, 0.4) is 0 Å². The van der Waals surface area contributed by atoms with E-state index in [0.29, 0.717) is 29.2 Å². The Morgan fingerprint density at radius 3 is 2.14 bits per heavy atom. The number of hydrogen-bond acceptors (Lipinski definition) is 5. The number of fused-ring (bicyclic) bond motifs is 1. The zero-order chi connectivity index (χ0) is 20.1. The zero-order valence-electron chi connectivity index (χ0n) is 16.0. The lowest BCUT2D eigenvalue weighted by atomic mass is 10.1. The van der Waals surface area contributed by atoms with E-state index in [0.717, 1.165) is 24.2 Å². The average molecular weight is 381 g/mol. The maximum atomic E-state index is 12.5. The van der Waals surface area contributed by atoms with Gasteiger partial charge in [-0.1, -0.05) is 31.9 Å². The van der Waals surface area contributed by atoms with Crippen LogP contribution in [0, 0.1) is 0 Å². The first-order valence-corrected chi connectivity index (χ1v) is 9.44. The first kappa shape index (κ1) is 19.6. The molecule has 2 amide bonds. The Kier molecular flexibility index (Phi) is 6.09. The maximum absolute atomic E-state index is 12.5. The monoisotopic (exact) mass is 381 g/mol. The fraction of sp³-hybridized carbons (Fsp3) is 0.318. The molecular weight excluding hydrogens is 358 g/mol. The summed E-state index contributed by atoms with van der Waals surface area (Å²) in [6, 6.07) is 13.2. The van der Waals surface area contributed by atoms with Crippen molar-refractivity contribution in [3.05, 3.63) is 59.7 Å². The minimum atomic E-state index is -0.744. The van der Waals surface area contributed by atoms with Crippen molar-refractivity contribution in [3.63, 3.8) is 0 Å². The van der Waals surface area contributed by atoms with E-state index < -0.39 is 12.1 Å². The summed E-state index contributed by atoms with van der Waals surface area (Å²) in [5.41, 5.74) is 1.24. The van der Waals surface area contributed by atoms with Gasteiger partial charge in [0.25, 0.3) is 11.8 Å². The number of anilines is 1. The second kappa shape index (κ2) is 8.69. The Labute approximate surface area is 164 Å². The Balaban J connectivity index is 1.62. The minimum Gasteiger partial charge on any atom is -0.479 e. The van der Waals surface area contributed by atoms with Gasteiger partial charge in [0.2, 0.25) is 0 Å². The summed E-state index contributed by atoms with van der Waals surface area (Å²) in [6.45, 7) is 4.10. The highest BCUT2D eigenvalue weighted by atomic mass is 16.6. The molecule has 0 bridgehead atoms. The highest BCUT2D eigenvalue weighted by Crippen LogP contribution is 2.29. The number of rotatable bonds is 8. The van der Waals surface area contributed by atoms with Gasteiger partial charge >= 0.3 is 5.97 Å². The highest BCUT2D eigenvalue weighted by Gasteiger charge is 2.36. The van der Waals surface area contributed by atoms with Crippen molar-refractivity contribution in [3.8, 4) is 5.75 Å². The Bertz CT molecular complexity index is 840. The molecule has 6 nitrogen and oxygen atoms in total. The maximum Gasteiger partial charge on any atom is 0.347 e. The van der Waals surface area contributed by atoms with E-state index in [1.54, 1.807) is 55.5 Å². The van der Waals surface area contributed by atoms with E-state index in [1.165, 1.54) is 0 Å². The minimum absolute atomic E-state index is 0.349. The number of nitrogens with zero attached hydrogens (tertiary/aromatic N) is 1. The normalized spacial score (nSPS) is 14.0. The number of ether oxygens (including phenoxy) is 2. The standard InChI is InChI=1S/C22H23NO5/c1-3-4-7-14-27-22(26)15(2)28-17-12-10-16(11-13-17)23-20(24)18-8-5-6-9-19(18)21(23)25/h5-6,8-13,15H,3-4,7,14H2,1-2H3/t15-/m1/s1. The van der Waals surface area contributed by atoms with Gasteiger partial charge in [0.05, 0.1) is 23.4 Å². The first-order valence-electron chi connectivity index (χ1n) is 9.44. The summed E-state index contributed by atoms with van der Waals surface area (Å²) < 4.78 is 10.8. The van der Waals surface area contributed by atoms with Crippen LogP contribution in [0.1, 0.15) is 53.8 Å². The van der Waals surface area contributed by atoms with Gasteiger partial charge in [-0.2, -0.15) is 0 Å². The second-order valence-electron chi connectivity index (χ2n) is 6.62. The molecule has 1 heterocycles. The van der Waals surface area contributed by atoms with Crippen molar-refractivity contribution in [1.29, 1.82) is 0 Å². The van der Waals surface area contributed by atoms with Crippen molar-refractivity contribution < 1.29 is 23.9 Å². The largest absolute Gasteiger partial charge is 0.479 e. The average Bonchev–Trinajstić information content (AvgIpc) is 2.96. The number of unbranched alkanes of at least 4 members (excludes halogenated alkanes) is 2. The number of esters is 1. The molecule has 0 aromatic heterocycles. The van der Waals surface area contributed by atoms with Gasteiger partial charge in [0.15, 0.2) is 6.10 Å². The van der Waals surface area contributed by atoms with E-state index >= 15 is 0 Å². The summed E-state index contributed by atoms with van der Waals surface area (Å²) in [5, 5.41) is 0. The van der Waals surface area contributed by atoms with Gasteiger partial charge in [-0.25, -0.2) is 9.69 Å².